The molecule has 2 aromatic rings. The molecule has 0 unspecified atom stereocenters. The fourth-order valence-corrected chi connectivity index (χ4v) is 1.36. The van der Waals surface area contributed by atoms with Gasteiger partial charge in [-0.25, -0.2) is 4.98 Å². The van der Waals surface area contributed by atoms with Gasteiger partial charge in [-0.2, -0.15) is 0 Å². The van der Waals surface area contributed by atoms with Crippen LogP contribution in [0.3, 0.4) is 0 Å². The van der Waals surface area contributed by atoms with Crippen LogP contribution in [0.15, 0.2) is 30.5 Å². The first-order chi connectivity index (χ1) is 7.65. The summed E-state index contributed by atoms with van der Waals surface area (Å²) in [6.07, 6.45) is 1.66. The molecule has 0 fully saturated rings. The van der Waals surface area contributed by atoms with E-state index in [1.807, 2.05) is 24.3 Å². The van der Waals surface area contributed by atoms with E-state index >= 15 is 0 Å². The van der Waals surface area contributed by atoms with E-state index in [-0.39, 0.29) is 5.91 Å². The first-order valence-electron chi connectivity index (χ1n) is 4.83. The molecule has 0 aliphatic rings. The summed E-state index contributed by atoms with van der Waals surface area (Å²) in [5, 5.41) is 2.58. The van der Waals surface area contributed by atoms with Crippen LogP contribution >= 0.6 is 0 Å². The van der Waals surface area contributed by atoms with Crippen molar-refractivity contribution in [2.45, 2.75) is 6.92 Å². The number of anilines is 2. The SMILES string of the molecule is CC(=O)Nc1ncc(-c2ccc(N)cc2)[nH]1. The Kier molecular flexibility index (Phi) is 2.59. The molecule has 1 aromatic carbocycles. The minimum Gasteiger partial charge on any atom is -0.399 e. The van der Waals surface area contributed by atoms with Crippen molar-refractivity contribution in [3.63, 3.8) is 0 Å². The third-order valence-electron chi connectivity index (χ3n) is 2.09. The molecule has 5 heteroatoms. The number of carbonyl (C=O) groups excluding carboxylic acids is 1. The van der Waals surface area contributed by atoms with Gasteiger partial charge in [-0.1, -0.05) is 12.1 Å². The molecule has 0 bridgehead atoms. The minimum atomic E-state index is -0.154. The second-order valence-electron chi connectivity index (χ2n) is 3.45. The van der Waals surface area contributed by atoms with E-state index in [9.17, 15) is 4.79 Å². The van der Waals surface area contributed by atoms with Crippen LogP contribution in [0.25, 0.3) is 11.3 Å². The van der Waals surface area contributed by atoms with Crippen LogP contribution in [0.5, 0.6) is 0 Å². The normalized spacial score (nSPS) is 10.1. The van der Waals surface area contributed by atoms with Crippen LogP contribution in [0.4, 0.5) is 11.6 Å². The van der Waals surface area contributed by atoms with Gasteiger partial charge in [0.05, 0.1) is 11.9 Å². The van der Waals surface area contributed by atoms with Crippen molar-refractivity contribution in [3.8, 4) is 11.3 Å². The van der Waals surface area contributed by atoms with E-state index in [0.717, 1.165) is 11.3 Å². The van der Waals surface area contributed by atoms with E-state index in [2.05, 4.69) is 15.3 Å². The fraction of sp³-hybridized carbons (Fsp3) is 0.0909. The predicted octanol–water partition coefficient (Wildman–Crippen LogP) is 1.62. The van der Waals surface area contributed by atoms with Crippen molar-refractivity contribution in [3.05, 3.63) is 30.5 Å². The van der Waals surface area contributed by atoms with Gasteiger partial charge >= 0.3 is 0 Å². The fourth-order valence-electron chi connectivity index (χ4n) is 1.36. The van der Waals surface area contributed by atoms with E-state index in [1.54, 1.807) is 6.20 Å². The zero-order valence-electron chi connectivity index (χ0n) is 8.82. The third-order valence-corrected chi connectivity index (χ3v) is 2.09. The van der Waals surface area contributed by atoms with Crippen molar-refractivity contribution in [2.75, 3.05) is 11.1 Å². The molecule has 0 spiro atoms. The van der Waals surface area contributed by atoms with E-state index in [1.165, 1.54) is 6.92 Å². The van der Waals surface area contributed by atoms with E-state index < -0.39 is 0 Å². The molecule has 4 N–H and O–H groups in total. The zero-order chi connectivity index (χ0) is 11.5. The number of nitrogens with zero attached hydrogens (tertiary/aromatic N) is 1. The third kappa shape index (κ3) is 2.20. The van der Waals surface area contributed by atoms with Gasteiger partial charge in [0.15, 0.2) is 0 Å². The lowest BCUT2D eigenvalue weighted by molar-refractivity contribution is -0.114. The Morgan fingerprint density at radius 2 is 2.06 bits per heavy atom. The Labute approximate surface area is 92.7 Å². The molecule has 0 radical (unpaired) electrons. The summed E-state index contributed by atoms with van der Waals surface area (Å²) in [5.74, 6) is 0.289. The molecule has 16 heavy (non-hydrogen) atoms. The van der Waals surface area contributed by atoms with Crippen molar-refractivity contribution in [2.24, 2.45) is 0 Å². The van der Waals surface area contributed by atoms with Gasteiger partial charge in [0, 0.05) is 12.6 Å². The van der Waals surface area contributed by atoms with Crippen LogP contribution in [0.1, 0.15) is 6.92 Å². The molecule has 0 atom stereocenters. The quantitative estimate of drug-likeness (QED) is 0.667. The zero-order valence-corrected chi connectivity index (χ0v) is 8.82. The number of aromatic nitrogens is 2. The van der Waals surface area contributed by atoms with Gasteiger partial charge in [0.25, 0.3) is 0 Å². The van der Waals surface area contributed by atoms with Gasteiger partial charge < -0.3 is 10.7 Å². The lowest BCUT2D eigenvalue weighted by atomic mass is 10.1. The smallest absolute Gasteiger partial charge is 0.223 e. The van der Waals surface area contributed by atoms with Gasteiger partial charge in [-0.05, 0) is 17.7 Å². The Hall–Kier alpha value is -2.30. The Balaban J connectivity index is 2.24. The standard InChI is InChI=1S/C11H12N4O/c1-7(16)14-11-13-6-10(15-11)8-2-4-9(12)5-3-8/h2-6H,12H2,1H3,(H2,13,14,15,16). The van der Waals surface area contributed by atoms with Crippen molar-refractivity contribution >= 4 is 17.5 Å². The molecule has 5 nitrogen and oxygen atoms in total. The maximum absolute atomic E-state index is 10.8. The molecule has 0 saturated heterocycles. The molecule has 1 amide bonds. The van der Waals surface area contributed by atoms with Gasteiger partial charge in [0.1, 0.15) is 0 Å². The number of rotatable bonds is 2. The number of H-pyrrole nitrogens is 1. The highest BCUT2D eigenvalue weighted by Crippen LogP contribution is 2.19. The van der Waals surface area contributed by atoms with Crippen LogP contribution < -0.4 is 11.1 Å². The highest BCUT2D eigenvalue weighted by Gasteiger charge is 2.03. The summed E-state index contributed by atoms with van der Waals surface area (Å²) >= 11 is 0. The first kappa shape index (κ1) is 10.2. The minimum absolute atomic E-state index is 0.154. The van der Waals surface area contributed by atoms with Gasteiger partial charge in [0.2, 0.25) is 11.9 Å². The molecular formula is C11H12N4O. The highest BCUT2D eigenvalue weighted by molar-refractivity contribution is 5.87. The number of hydrogen-bond acceptors (Lipinski definition) is 3. The molecule has 0 aliphatic heterocycles. The number of hydrogen-bond donors (Lipinski definition) is 3. The van der Waals surface area contributed by atoms with Crippen molar-refractivity contribution < 1.29 is 4.79 Å². The van der Waals surface area contributed by atoms with E-state index in [0.29, 0.717) is 11.6 Å². The highest BCUT2D eigenvalue weighted by atomic mass is 16.1. The van der Waals surface area contributed by atoms with E-state index in [4.69, 9.17) is 5.73 Å². The van der Waals surface area contributed by atoms with Gasteiger partial charge in [-0.3, -0.25) is 10.1 Å². The number of aromatic amines is 1. The van der Waals surface area contributed by atoms with Crippen LogP contribution in [-0.2, 0) is 4.79 Å². The monoisotopic (exact) mass is 216 g/mol. The average Bonchev–Trinajstić information content (AvgIpc) is 2.66. The second kappa shape index (κ2) is 4.06. The Bertz CT molecular complexity index is 501. The maximum Gasteiger partial charge on any atom is 0.223 e. The number of nitrogens with one attached hydrogen (secondary N) is 2. The summed E-state index contributed by atoms with van der Waals surface area (Å²) in [5.41, 5.74) is 8.11. The topological polar surface area (TPSA) is 83.8 Å². The van der Waals surface area contributed by atoms with Crippen molar-refractivity contribution in [1.82, 2.24) is 9.97 Å². The molecule has 0 saturated carbocycles. The molecule has 0 aliphatic carbocycles. The largest absolute Gasteiger partial charge is 0.399 e. The summed E-state index contributed by atoms with van der Waals surface area (Å²) in [7, 11) is 0. The average molecular weight is 216 g/mol. The van der Waals surface area contributed by atoms with Gasteiger partial charge in [-0.15, -0.1) is 0 Å². The number of benzene rings is 1. The number of amides is 1. The Morgan fingerprint density at radius 3 is 2.69 bits per heavy atom. The molecule has 1 aromatic heterocycles. The summed E-state index contributed by atoms with van der Waals surface area (Å²) in [6, 6.07) is 7.41. The molecule has 82 valence electrons. The summed E-state index contributed by atoms with van der Waals surface area (Å²) in [4.78, 5) is 17.8. The van der Waals surface area contributed by atoms with Crippen LogP contribution in [-0.4, -0.2) is 15.9 Å². The lowest BCUT2D eigenvalue weighted by Crippen LogP contribution is -2.06. The lowest BCUT2D eigenvalue weighted by Gasteiger charge is -1.98. The molecular weight excluding hydrogens is 204 g/mol. The predicted molar refractivity (Wildman–Crippen MR) is 62.7 cm³/mol. The Morgan fingerprint density at radius 1 is 1.38 bits per heavy atom. The number of nitrogen functional groups attached to an aromatic ring is 1. The number of carbonyl (C=O) groups is 1. The number of imidazole rings is 1. The molecule has 2 rings (SSSR count). The van der Waals surface area contributed by atoms with Crippen LogP contribution in [0, 0.1) is 0 Å². The van der Waals surface area contributed by atoms with Crippen molar-refractivity contribution in [1.29, 1.82) is 0 Å². The maximum atomic E-state index is 10.8. The number of nitrogens with two attached hydrogens (primary N) is 1. The summed E-state index contributed by atoms with van der Waals surface area (Å²) < 4.78 is 0. The first-order valence-corrected chi connectivity index (χ1v) is 4.83. The molecule has 1 heterocycles. The second-order valence-corrected chi connectivity index (χ2v) is 3.45. The summed E-state index contributed by atoms with van der Waals surface area (Å²) in [6.45, 7) is 1.44. The van der Waals surface area contributed by atoms with Crippen LogP contribution in [0.2, 0.25) is 0 Å².